The molecule has 0 unspecified atom stereocenters. The first-order valence-corrected chi connectivity index (χ1v) is 4.62. The van der Waals surface area contributed by atoms with Crippen LogP contribution in [0.2, 0.25) is 0 Å². The Morgan fingerprint density at radius 1 is 1.69 bits per heavy atom. The van der Waals surface area contributed by atoms with E-state index in [0.717, 1.165) is 17.0 Å². The van der Waals surface area contributed by atoms with E-state index in [1.54, 1.807) is 0 Å². The van der Waals surface area contributed by atoms with Crippen molar-refractivity contribution in [3.05, 3.63) is 22.5 Å². The van der Waals surface area contributed by atoms with Crippen LogP contribution in [0.4, 0.5) is 5.95 Å². The summed E-state index contributed by atoms with van der Waals surface area (Å²) >= 11 is 0. The van der Waals surface area contributed by atoms with Gasteiger partial charge in [0, 0.05) is 0 Å². The van der Waals surface area contributed by atoms with Crippen molar-refractivity contribution in [3.63, 3.8) is 0 Å². The Kier molecular flexibility index (Phi) is 2.30. The number of rotatable bonds is 3. The third-order valence-electron chi connectivity index (χ3n) is 1.16. The normalized spacial score (nSPS) is 11.5. The average molecular weight is 207 g/mol. The van der Waals surface area contributed by atoms with Gasteiger partial charge in [-0.05, 0) is 4.92 Å². The minimum absolute atomic E-state index is 0.627. The van der Waals surface area contributed by atoms with Gasteiger partial charge in [-0.3, -0.25) is 4.55 Å². The Morgan fingerprint density at radius 2 is 2.31 bits per heavy atom. The van der Waals surface area contributed by atoms with Crippen LogP contribution in [0, 0.1) is 10.1 Å². The molecular formula is C4H5N3O5S. The highest BCUT2D eigenvalue weighted by Crippen LogP contribution is 2.08. The van der Waals surface area contributed by atoms with E-state index in [1.807, 2.05) is 0 Å². The Hall–Kier alpha value is -1.48. The Bertz CT molecular complexity index is 421. The maximum Gasteiger partial charge on any atom is 0.435 e. The van der Waals surface area contributed by atoms with Crippen molar-refractivity contribution < 1.29 is 17.9 Å². The standard InChI is InChI=1S/C4H5N3O5S/c8-7(9)4-5-1-2-6(4)3-13(10,11)12/h1-2H,3H2,(H,10,11,12). The predicted molar refractivity (Wildman–Crippen MR) is 40.4 cm³/mol. The van der Waals surface area contributed by atoms with Gasteiger partial charge in [0.05, 0.1) is 0 Å². The minimum Gasteiger partial charge on any atom is -0.390 e. The molecule has 8 nitrogen and oxygen atoms in total. The lowest BCUT2D eigenvalue weighted by Gasteiger charge is -1.97. The molecule has 0 radical (unpaired) electrons. The molecule has 0 saturated heterocycles. The maximum absolute atomic E-state index is 10.4. The molecule has 0 aliphatic rings. The molecule has 1 aromatic rings. The van der Waals surface area contributed by atoms with E-state index in [-0.39, 0.29) is 0 Å². The van der Waals surface area contributed by atoms with Crippen LogP contribution in [0.5, 0.6) is 0 Å². The van der Waals surface area contributed by atoms with E-state index in [1.165, 1.54) is 0 Å². The van der Waals surface area contributed by atoms with Gasteiger partial charge in [-0.1, -0.05) is 4.98 Å². The maximum atomic E-state index is 10.4. The van der Waals surface area contributed by atoms with Crippen LogP contribution >= 0.6 is 0 Å². The predicted octanol–water partition coefficient (Wildman–Crippen LogP) is -0.363. The van der Waals surface area contributed by atoms with Gasteiger partial charge >= 0.3 is 5.95 Å². The number of aromatic nitrogens is 2. The van der Waals surface area contributed by atoms with Crippen molar-refractivity contribution in [2.24, 2.45) is 0 Å². The van der Waals surface area contributed by atoms with Gasteiger partial charge in [0.25, 0.3) is 10.1 Å². The zero-order chi connectivity index (χ0) is 10.1. The molecule has 13 heavy (non-hydrogen) atoms. The van der Waals surface area contributed by atoms with Crippen LogP contribution in [-0.4, -0.2) is 27.4 Å². The van der Waals surface area contributed by atoms with Gasteiger partial charge < -0.3 is 10.1 Å². The largest absolute Gasteiger partial charge is 0.435 e. The van der Waals surface area contributed by atoms with Crippen molar-refractivity contribution in [2.75, 3.05) is 0 Å². The second-order valence-corrected chi connectivity index (χ2v) is 3.59. The minimum atomic E-state index is -4.28. The lowest BCUT2D eigenvalue weighted by Crippen LogP contribution is -2.11. The van der Waals surface area contributed by atoms with Gasteiger partial charge in [0.2, 0.25) is 0 Å². The summed E-state index contributed by atoms with van der Waals surface area (Å²) in [7, 11) is -4.28. The first kappa shape index (κ1) is 9.61. The number of imidazole rings is 1. The lowest BCUT2D eigenvalue weighted by atomic mass is 10.9. The monoisotopic (exact) mass is 207 g/mol. The van der Waals surface area contributed by atoms with E-state index in [0.29, 0.717) is 0 Å². The molecule has 0 bridgehead atoms. The zero-order valence-corrected chi connectivity index (χ0v) is 7.01. The molecule has 1 rings (SSSR count). The quantitative estimate of drug-likeness (QED) is 0.411. The van der Waals surface area contributed by atoms with Crippen LogP contribution in [-0.2, 0) is 16.0 Å². The van der Waals surface area contributed by atoms with Crippen molar-refractivity contribution in [1.29, 1.82) is 0 Å². The lowest BCUT2D eigenvalue weighted by molar-refractivity contribution is -0.396. The summed E-state index contributed by atoms with van der Waals surface area (Å²) in [5, 5.41) is 10.2. The van der Waals surface area contributed by atoms with Crippen molar-refractivity contribution in [1.82, 2.24) is 9.55 Å². The number of nitro groups is 1. The second-order valence-electron chi connectivity index (χ2n) is 2.17. The molecule has 9 heteroatoms. The fraction of sp³-hybridized carbons (Fsp3) is 0.250. The molecule has 72 valence electrons. The molecule has 0 saturated carbocycles. The summed E-state index contributed by atoms with van der Waals surface area (Å²) in [6.07, 6.45) is 2.16. The topological polar surface area (TPSA) is 115 Å². The zero-order valence-electron chi connectivity index (χ0n) is 6.19. The van der Waals surface area contributed by atoms with Crippen LogP contribution < -0.4 is 0 Å². The fourth-order valence-electron chi connectivity index (χ4n) is 0.750. The summed E-state index contributed by atoms with van der Waals surface area (Å²) in [5.41, 5.74) is 0. The summed E-state index contributed by atoms with van der Waals surface area (Å²) < 4.78 is 29.8. The summed E-state index contributed by atoms with van der Waals surface area (Å²) in [4.78, 5) is 12.7. The van der Waals surface area contributed by atoms with Crippen molar-refractivity contribution in [3.8, 4) is 0 Å². The van der Waals surface area contributed by atoms with Crippen molar-refractivity contribution >= 4 is 16.1 Å². The summed E-state index contributed by atoms with van der Waals surface area (Å²) in [6, 6.07) is 0. The third kappa shape index (κ3) is 2.49. The third-order valence-corrected chi connectivity index (χ3v) is 1.76. The number of nitrogens with zero attached hydrogens (tertiary/aromatic N) is 3. The molecule has 1 N–H and O–H groups in total. The Labute approximate surface area is 72.7 Å². The smallest absolute Gasteiger partial charge is 0.390 e. The highest BCUT2D eigenvalue weighted by Gasteiger charge is 2.18. The van der Waals surface area contributed by atoms with Gasteiger partial charge in [0.1, 0.15) is 12.4 Å². The van der Waals surface area contributed by atoms with Crippen LogP contribution in [0.25, 0.3) is 0 Å². The molecule has 0 spiro atoms. The van der Waals surface area contributed by atoms with E-state index in [4.69, 9.17) is 4.55 Å². The second kappa shape index (κ2) is 3.11. The molecule has 0 aromatic carbocycles. The van der Waals surface area contributed by atoms with Crippen LogP contribution in [0.15, 0.2) is 12.4 Å². The van der Waals surface area contributed by atoms with Gasteiger partial charge in [-0.2, -0.15) is 8.42 Å². The molecule has 0 aliphatic heterocycles. The molecule has 0 aliphatic carbocycles. The number of hydrogen-bond donors (Lipinski definition) is 1. The van der Waals surface area contributed by atoms with E-state index >= 15 is 0 Å². The van der Waals surface area contributed by atoms with E-state index in [9.17, 15) is 18.5 Å². The average Bonchev–Trinajstić information content (AvgIpc) is 2.31. The molecule has 0 amide bonds. The molecule has 1 aromatic heterocycles. The first-order chi connectivity index (χ1) is 5.90. The molecular weight excluding hydrogens is 202 g/mol. The number of hydrogen-bond acceptors (Lipinski definition) is 5. The Balaban J connectivity index is 3.02. The van der Waals surface area contributed by atoms with E-state index < -0.39 is 26.9 Å². The highest BCUT2D eigenvalue weighted by atomic mass is 32.2. The molecule has 1 heterocycles. The van der Waals surface area contributed by atoms with Crippen LogP contribution in [0.3, 0.4) is 0 Å². The van der Waals surface area contributed by atoms with Gasteiger partial charge in [-0.25, -0.2) is 4.57 Å². The van der Waals surface area contributed by atoms with Gasteiger partial charge in [-0.15, -0.1) is 0 Å². The SMILES string of the molecule is O=[N+]([O-])c1nccn1CS(=O)(=O)O. The fourth-order valence-corrected chi connectivity index (χ4v) is 1.30. The highest BCUT2D eigenvalue weighted by molar-refractivity contribution is 7.84. The van der Waals surface area contributed by atoms with E-state index in [2.05, 4.69) is 4.98 Å². The molecule has 0 fully saturated rings. The van der Waals surface area contributed by atoms with Crippen molar-refractivity contribution in [2.45, 2.75) is 5.88 Å². The molecule has 0 atom stereocenters. The summed E-state index contributed by atoms with van der Waals surface area (Å²) in [5.74, 6) is -1.50. The summed E-state index contributed by atoms with van der Waals surface area (Å²) in [6.45, 7) is 0. The van der Waals surface area contributed by atoms with Gasteiger partial charge in [0.15, 0.2) is 5.88 Å². The first-order valence-electron chi connectivity index (χ1n) is 3.01. The van der Waals surface area contributed by atoms with Crippen LogP contribution in [0.1, 0.15) is 0 Å². The Morgan fingerprint density at radius 3 is 2.77 bits per heavy atom.